The van der Waals surface area contributed by atoms with Gasteiger partial charge in [0.25, 0.3) is 11.5 Å². The first-order valence-electron chi connectivity index (χ1n) is 13.3. The van der Waals surface area contributed by atoms with Crippen molar-refractivity contribution in [1.82, 2.24) is 9.78 Å². The van der Waals surface area contributed by atoms with E-state index in [1.165, 1.54) is 4.68 Å². The third kappa shape index (κ3) is 3.90. The van der Waals surface area contributed by atoms with Gasteiger partial charge < -0.3 is 18.9 Å². The molecule has 2 N–H and O–H groups in total. The van der Waals surface area contributed by atoms with Crippen molar-refractivity contribution in [2.45, 2.75) is 50.2 Å². The SMILES string of the molecule is C[C@H]1[C@H]([Si](C)(C)F)[C@@H](CCO)O[C@]12C(=O)N(Cc1ccccc1)c1ccc(-n3[nH]c4ccccc4c3=O)cc12. The number of carbonyl (C=O) groups is 1. The minimum Gasteiger partial charge on any atom is -0.396 e. The molecule has 2 aliphatic heterocycles. The van der Waals surface area contributed by atoms with Crippen LogP contribution in [0, 0.1) is 5.92 Å². The summed E-state index contributed by atoms with van der Waals surface area (Å²) in [5, 5.41) is 13.5. The number of aromatic nitrogens is 2. The Hall–Kier alpha value is -3.53. The molecule has 7 nitrogen and oxygen atoms in total. The first-order valence-corrected chi connectivity index (χ1v) is 16.3. The molecular weight excluding hydrogens is 513 g/mol. The number of H-pyrrole nitrogens is 1. The number of aliphatic hydroxyl groups is 1. The van der Waals surface area contributed by atoms with Gasteiger partial charge in [0.15, 0.2) is 5.60 Å². The Balaban J connectivity index is 1.54. The van der Waals surface area contributed by atoms with Gasteiger partial charge in [-0.05, 0) is 55.4 Å². The van der Waals surface area contributed by atoms with Crippen LogP contribution in [0.25, 0.3) is 16.6 Å². The number of aromatic amines is 1. The zero-order chi connectivity index (χ0) is 27.5. The van der Waals surface area contributed by atoms with E-state index in [4.69, 9.17) is 4.74 Å². The van der Waals surface area contributed by atoms with Crippen molar-refractivity contribution in [1.29, 1.82) is 0 Å². The zero-order valence-electron chi connectivity index (χ0n) is 22.2. The van der Waals surface area contributed by atoms with Crippen LogP contribution >= 0.6 is 0 Å². The lowest BCUT2D eigenvalue weighted by Gasteiger charge is -2.31. The number of ether oxygens (including phenoxy) is 1. The van der Waals surface area contributed by atoms with Crippen LogP contribution in [0.15, 0.2) is 77.6 Å². The van der Waals surface area contributed by atoms with E-state index in [1.54, 1.807) is 24.1 Å². The second-order valence-corrected chi connectivity index (χ2v) is 15.0. The largest absolute Gasteiger partial charge is 0.396 e. The zero-order valence-corrected chi connectivity index (χ0v) is 23.2. The summed E-state index contributed by atoms with van der Waals surface area (Å²) in [6.07, 6.45) is -0.343. The lowest BCUT2D eigenvalue weighted by atomic mass is 9.82. The maximum atomic E-state index is 15.8. The van der Waals surface area contributed by atoms with Gasteiger partial charge in [0.1, 0.15) is 0 Å². The van der Waals surface area contributed by atoms with Crippen molar-refractivity contribution in [2.24, 2.45) is 5.92 Å². The lowest BCUT2D eigenvalue weighted by Crippen LogP contribution is -2.45. The molecule has 2 aliphatic rings. The number of carbonyl (C=O) groups excluding carboxylic acids is 1. The number of para-hydroxylation sites is 1. The van der Waals surface area contributed by atoms with Crippen LogP contribution in [0.3, 0.4) is 0 Å². The summed E-state index contributed by atoms with van der Waals surface area (Å²) in [6, 6.07) is 22.5. The molecular formula is C30H32FN3O4Si. The monoisotopic (exact) mass is 545 g/mol. The lowest BCUT2D eigenvalue weighted by molar-refractivity contribution is -0.146. The van der Waals surface area contributed by atoms with E-state index in [-0.39, 0.29) is 24.5 Å². The summed E-state index contributed by atoms with van der Waals surface area (Å²) < 4.78 is 23.9. The Morgan fingerprint density at radius 1 is 1.05 bits per heavy atom. The molecule has 1 fully saturated rings. The molecule has 3 aromatic carbocycles. The topological polar surface area (TPSA) is 87.6 Å². The van der Waals surface area contributed by atoms with Gasteiger partial charge in [-0.3, -0.25) is 14.7 Å². The van der Waals surface area contributed by atoms with Crippen LogP contribution in [-0.4, -0.2) is 41.9 Å². The van der Waals surface area contributed by atoms with E-state index in [2.05, 4.69) is 5.10 Å². The number of nitrogens with one attached hydrogen (secondary N) is 1. The van der Waals surface area contributed by atoms with Crippen LogP contribution < -0.4 is 10.5 Å². The number of halogens is 1. The molecule has 1 spiro atoms. The summed E-state index contributed by atoms with van der Waals surface area (Å²) in [7, 11) is -3.31. The van der Waals surface area contributed by atoms with Gasteiger partial charge in [0.2, 0.25) is 8.41 Å². The highest BCUT2D eigenvalue weighted by Gasteiger charge is 2.66. The Morgan fingerprint density at radius 3 is 2.46 bits per heavy atom. The summed E-state index contributed by atoms with van der Waals surface area (Å²) in [5.74, 6) is -0.707. The van der Waals surface area contributed by atoms with Crippen molar-refractivity contribution in [3.8, 4) is 5.69 Å². The van der Waals surface area contributed by atoms with Gasteiger partial charge in [0.05, 0.1) is 34.9 Å². The molecule has 6 rings (SSSR count). The first-order chi connectivity index (χ1) is 18.7. The average molecular weight is 546 g/mol. The minimum absolute atomic E-state index is 0.159. The first kappa shape index (κ1) is 25.7. The number of rotatable bonds is 6. The number of hydrogen-bond donors (Lipinski definition) is 2. The van der Waals surface area contributed by atoms with Crippen LogP contribution in [-0.2, 0) is 21.7 Å². The molecule has 39 heavy (non-hydrogen) atoms. The summed E-state index contributed by atoms with van der Waals surface area (Å²) in [4.78, 5) is 29.4. The average Bonchev–Trinajstić information content (AvgIpc) is 3.49. The molecule has 4 atom stereocenters. The van der Waals surface area contributed by atoms with E-state index < -0.39 is 31.6 Å². The van der Waals surface area contributed by atoms with Crippen LogP contribution in [0.1, 0.15) is 24.5 Å². The van der Waals surface area contributed by atoms with E-state index in [0.717, 1.165) is 5.56 Å². The smallest absolute Gasteiger partial charge is 0.279 e. The molecule has 1 saturated heterocycles. The third-order valence-corrected chi connectivity index (χ3v) is 10.8. The molecule has 0 saturated carbocycles. The summed E-state index contributed by atoms with van der Waals surface area (Å²) in [6.45, 7) is 5.36. The maximum Gasteiger partial charge on any atom is 0.279 e. The number of benzene rings is 3. The molecule has 1 aromatic heterocycles. The van der Waals surface area contributed by atoms with Crippen LogP contribution in [0.4, 0.5) is 9.80 Å². The van der Waals surface area contributed by atoms with Crippen molar-refractivity contribution < 1.29 is 18.7 Å². The summed E-state index contributed by atoms with van der Waals surface area (Å²) in [5.41, 5.74) is 1.44. The maximum absolute atomic E-state index is 15.8. The van der Waals surface area contributed by atoms with E-state index in [9.17, 15) is 14.7 Å². The van der Waals surface area contributed by atoms with Crippen molar-refractivity contribution in [2.75, 3.05) is 11.5 Å². The highest BCUT2D eigenvalue weighted by molar-refractivity contribution is 6.72. The number of hydrogen-bond acceptors (Lipinski definition) is 4. The fourth-order valence-corrected chi connectivity index (χ4v) is 9.28. The molecule has 9 heteroatoms. The van der Waals surface area contributed by atoms with Gasteiger partial charge in [0, 0.05) is 23.6 Å². The second-order valence-electron chi connectivity index (χ2n) is 11.2. The predicted molar refractivity (Wildman–Crippen MR) is 151 cm³/mol. The van der Waals surface area contributed by atoms with Crippen molar-refractivity contribution in [3.63, 3.8) is 0 Å². The number of amides is 1. The van der Waals surface area contributed by atoms with E-state index in [0.29, 0.717) is 34.4 Å². The minimum atomic E-state index is -3.31. The number of anilines is 1. The van der Waals surface area contributed by atoms with Gasteiger partial charge >= 0.3 is 0 Å². The Kier molecular flexibility index (Phi) is 6.13. The molecule has 3 heterocycles. The molecule has 1 amide bonds. The third-order valence-electron chi connectivity index (χ3n) is 8.39. The standard InChI is InChI=1S/C30H32FN3O4Si/c1-19-27(39(2,3)31)26(15-16-35)38-30(19)23-17-21(34-28(36)22-11-7-8-12-24(22)32-34)13-14-25(23)33(29(30)37)18-20-9-5-4-6-10-20/h4-14,17,19,26-27,32,35H,15-16,18H2,1-3H3/t19-,26+,27-,30+/m0/s1. The van der Waals surface area contributed by atoms with Crippen LogP contribution in [0.2, 0.25) is 18.6 Å². The van der Waals surface area contributed by atoms with Crippen molar-refractivity contribution >= 4 is 30.9 Å². The molecule has 202 valence electrons. The normalized spacial score (nSPS) is 24.7. The van der Waals surface area contributed by atoms with Gasteiger partial charge in [-0.1, -0.05) is 49.4 Å². The highest BCUT2D eigenvalue weighted by Crippen LogP contribution is 2.60. The van der Waals surface area contributed by atoms with E-state index >= 15 is 4.11 Å². The molecule has 4 aromatic rings. The molecule has 0 radical (unpaired) electrons. The van der Waals surface area contributed by atoms with Gasteiger partial charge in [-0.15, -0.1) is 0 Å². The van der Waals surface area contributed by atoms with Gasteiger partial charge in [-0.2, -0.15) is 0 Å². The summed E-state index contributed by atoms with van der Waals surface area (Å²) >= 11 is 0. The van der Waals surface area contributed by atoms with Crippen molar-refractivity contribution in [3.05, 3.63) is 94.3 Å². The Labute approximate surface area is 227 Å². The second kappa shape index (κ2) is 9.29. The molecule has 0 bridgehead atoms. The molecule has 0 unspecified atom stereocenters. The predicted octanol–water partition coefficient (Wildman–Crippen LogP) is 5.02. The van der Waals surface area contributed by atoms with Gasteiger partial charge in [-0.25, -0.2) is 4.68 Å². The number of nitrogens with zero attached hydrogens (tertiary/aromatic N) is 2. The Morgan fingerprint density at radius 2 is 1.77 bits per heavy atom. The fraction of sp³-hybridized carbons (Fsp3) is 0.333. The van der Waals surface area contributed by atoms with Crippen LogP contribution in [0.5, 0.6) is 0 Å². The molecule has 0 aliphatic carbocycles. The quantitative estimate of drug-likeness (QED) is 0.263. The fourth-order valence-electron chi connectivity index (χ4n) is 6.74. The Bertz CT molecular complexity index is 1610. The highest BCUT2D eigenvalue weighted by atomic mass is 28.4. The number of aliphatic hydroxyl groups excluding tert-OH is 1. The van der Waals surface area contributed by atoms with E-state index in [1.807, 2.05) is 73.7 Å². The number of fused-ring (bicyclic) bond motifs is 3.